The normalized spacial score (nSPS) is 14.1. The molecule has 2 atom stereocenters. The number of hydrogen-bond donors (Lipinski definition) is 4. The Bertz CT molecular complexity index is 419. The Morgan fingerprint density at radius 2 is 2.06 bits per heavy atom. The Morgan fingerprint density at radius 1 is 1.39 bits per heavy atom. The Hall–Kier alpha value is -1.43. The van der Waals surface area contributed by atoms with Gasteiger partial charge in [0.2, 0.25) is 5.91 Å². The van der Waals surface area contributed by atoms with Gasteiger partial charge >= 0.3 is 0 Å². The lowest BCUT2D eigenvalue weighted by molar-refractivity contribution is -0.119. The van der Waals surface area contributed by atoms with E-state index >= 15 is 0 Å². The summed E-state index contributed by atoms with van der Waals surface area (Å²) in [6.07, 6.45) is -2.13. The summed E-state index contributed by atoms with van der Waals surface area (Å²) in [6.45, 7) is 3.11. The first-order chi connectivity index (χ1) is 8.45. The molecule has 0 heterocycles. The highest BCUT2D eigenvalue weighted by Crippen LogP contribution is 2.20. The Kier molecular flexibility index (Phi) is 5.27. The number of rotatable bonds is 5. The van der Waals surface area contributed by atoms with Gasteiger partial charge in [-0.05, 0) is 23.6 Å². The molecule has 0 saturated carbocycles. The molecule has 1 amide bonds. The monoisotopic (exact) mass is 253 g/mol. The number of hydrogen-bond acceptors (Lipinski definition) is 4. The molecule has 2 unspecified atom stereocenters. The number of aliphatic hydroxyl groups is 3. The lowest BCUT2D eigenvalue weighted by Gasteiger charge is -2.19. The van der Waals surface area contributed by atoms with Crippen molar-refractivity contribution in [2.75, 3.05) is 6.54 Å². The molecule has 0 aliphatic heterocycles. The molecule has 18 heavy (non-hydrogen) atoms. The van der Waals surface area contributed by atoms with Crippen molar-refractivity contribution in [2.45, 2.75) is 32.7 Å². The minimum Gasteiger partial charge on any atom is -0.392 e. The minimum absolute atomic E-state index is 0.00268. The van der Waals surface area contributed by atoms with Gasteiger partial charge in [0.1, 0.15) is 12.2 Å². The number of aliphatic hydroxyl groups excluding tert-OH is 3. The van der Waals surface area contributed by atoms with Crippen molar-refractivity contribution in [2.24, 2.45) is 0 Å². The molecular weight excluding hydrogens is 234 g/mol. The Morgan fingerprint density at radius 3 is 2.56 bits per heavy atom. The smallest absolute Gasteiger partial charge is 0.216 e. The van der Waals surface area contributed by atoms with Crippen molar-refractivity contribution < 1.29 is 20.1 Å². The van der Waals surface area contributed by atoms with Crippen molar-refractivity contribution in [1.82, 2.24) is 5.32 Å². The third-order valence-corrected chi connectivity index (χ3v) is 2.80. The Balaban J connectivity index is 2.74. The van der Waals surface area contributed by atoms with E-state index in [0.29, 0.717) is 5.56 Å². The van der Waals surface area contributed by atoms with Crippen LogP contribution in [0.15, 0.2) is 18.2 Å². The van der Waals surface area contributed by atoms with E-state index in [1.807, 2.05) is 6.92 Å². The van der Waals surface area contributed by atoms with E-state index in [-0.39, 0.29) is 19.1 Å². The van der Waals surface area contributed by atoms with Crippen LogP contribution in [0.5, 0.6) is 0 Å². The van der Waals surface area contributed by atoms with Gasteiger partial charge in [-0.15, -0.1) is 0 Å². The van der Waals surface area contributed by atoms with Crippen molar-refractivity contribution in [3.63, 3.8) is 0 Å². The van der Waals surface area contributed by atoms with Crippen LogP contribution in [-0.2, 0) is 11.4 Å². The summed E-state index contributed by atoms with van der Waals surface area (Å²) < 4.78 is 0. The van der Waals surface area contributed by atoms with Crippen LogP contribution in [0.4, 0.5) is 0 Å². The van der Waals surface area contributed by atoms with E-state index in [2.05, 4.69) is 5.32 Å². The predicted octanol–water partition coefficient (Wildman–Crippen LogP) is 0.0177. The van der Waals surface area contributed by atoms with Gasteiger partial charge < -0.3 is 20.6 Å². The zero-order chi connectivity index (χ0) is 13.7. The minimum atomic E-state index is -1.07. The van der Waals surface area contributed by atoms with Crippen LogP contribution < -0.4 is 5.32 Å². The molecule has 1 aromatic rings. The van der Waals surface area contributed by atoms with Gasteiger partial charge in [-0.3, -0.25) is 4.79 Å². The second kappa shape index (κ2) is 6.49. The number of carbonyl (C=O) groups is 1. The van der Waals surface area contributed by atoms with Crippen LogP contribution in [0.2, 0.25) is 0 Å². The highest BCUT2D eigenvalue weighted by Gasteiger charge is 2.19. The van der Waals surface area contributed by atoms with E-state index < -0.39 is 12.2 Å². The van der Waals surface area contributed by atoms with Gasteiger partial charge in [0.15, 0.2) is 0 Å². The van der Waals surface area contributed by atoms with Crippen molar-refractivity contribution in [1.29, 1.82) is 0 Å². The molecule has 1 aromatic carbocycles. The quantitative estimate of drug-likeness (QED) is 0.595. The van der Waals surface area contributed by atoms with Gasteiger partial charge in [-0.2, -0.15) is 0 Å². The zero-order valence-corrected chi connectivity index (χ0v) is 10.6. The van der Waals surface area contributed by atoms with Crippen LogP contribution in [0.3, 0.4) is 0 Å². The number of nitrogens with one attached hydrogen (secondary N) is 1. The lowest BCUT2D eigenvalue weighted by atomic mass is 9.99. The number of carbonyl (C=O) groups excluding carboxylic acids is 1. The first-order valence-electron chi connectivity index (χ1n) is 5.76. The SMILES string of the molecule is CC(=O)NCC(O)C(O)c1ccc(CO)c(C)c1. The maximum Gasteiger partial charge on any atom is 0.216 e. The molecule has 0 spiro atoms. The summed E-state index contributed by atoms with van der Waals surface area (Å²) in [6, 6.07) is 5.08. The molecule has 0 aliphatic carbocycles. The highest BCUT2D eigenvalue weighted by atomic mass is 16.3. The van der Waals surface area contributed by atoms with Gasteiger partial charge in [-0.25, -0.2) is 0 Å². The van der Waals surface area contributed by atoms with Gasteiger partial charge in [0.05, 0.1) is 6.61 Å². The summed E-state index contributed by atoms with van der Waals surface area (Å²) in [5.74, 6) is -0.256. The summed E-state index contributed by atoms with van der Waals surface area (Å²) >= 11 is 0. The van der Waals surface area contributed by atoms with E-state index in [1.54, 1.807) is 18.2 Å². The van der Waals surface area contributed by atoms with Gasteiger partial charge in [0, 0.05) is 13.5 Å². The zero-order valence-electron chi connectivity index (χ0n) is 10.6. The van der Waals surface area contributed by atoms with Gasteiger partial charge in [0.25, 0.3) is 0 Å². The van der Waals surface area contributed by atoms with Crippen LogP contribution >= 0.6 is 0 Å². The summed E-state index contributed by atoms with van der Waals surface area (Å²) in [5.41, 5.74) is 2.19. The molecule has 5 heteroatoms. The fourth-order valence-corrected chi connectivity index (χ4v) is 1.66. The number of aryl methyl sites for hydroxylation is 1. The summed E-state index contributed by atoms with van der Waals surface area (Å²) in [7, 11) is 0. The molecule has 5 nitrogen and oxygen atoms in total. The van der Waals surface area contributed by atoms with E-state index in [0.717, 1.165) is 11.1 Å². The first-order valence-corrected chi connectivity index (χ1v) is 5.76. The molecule has 0 aliphatic rings. The molecule has 0 saturated heterocycles. The van der Waals surface area contributed by atoms with E-state index in [4.69, 9.17) is 5.11 Å². The van der Waals surface area contributed by atoms with Crippen molar-refractivity contribution in [3.8, 4) is 0 Å². The van der Waals surface area contributed by atoms with Crippen molar-refractivity contribution in [3.05, 3.63) is 34.9 Å². The fourth-order valence-electron chi connectivity index (χ4n) is 1.66. The average molecular weight is 253 g/mol. The third-order valence-electron chi connectivity index (χ3n) is 2.80. The molecule has 0 aromatic heterocycles. The van der Waals surface area contributed by atoms with E-state index in [9.17, 15) is 15.0 Å². The molecule has 4 N–H and O–H groups in total. The highest BCUT2D eigenvalue weighted by molar-refractivity contribution is 5.72. The van der Waals surface area contributed by atoms with Crippen LogP contribution in [0.1, 0.15) is 29.7 Å². The fraction of sp³-hybridized carbons (Fsp3) is 0.462. The van der Waals surface area contributed by atoms with E-state index in [1.165, 1.54) is 6.92 Å². The topological polar surface area (TPSA) is 89.8 Å². The predicted molar refractivity (Wildman–Crippen MR) is 66.8 cm³/mol. The van der Waals surface area contributed by atoms with Crippen LogP contribution in [0, 0.1) is 6.92 Å². The number of amides is 1. The molecule has 0 fully saturated rings. The average Bonchev–Trinajstić information content (AvgIpc) is 2.34. The summed E-state index contributed by atoms with van der Waals surface area (Å²) in [5, 5.41) is 31.1. The molecular formula is C13H19NO4. The maximum absolute atomic E-state index is 10.7. The van der Waals surface area contributed by atoms with Gasteiger partial charge in [-0.1, -0.05) is 18.2 Å². The van der Waals surface area contributed by atoms with Crippen LogP contribution in [-0.4, -0.2) is 33.9 Å². The molecule has 100 valence electrons. The second-order valence-corrected chi connectivity index (χ2v) is 4.29. The van der Waals surface area contributed by atoms with Crippen LogP contribution in [0.25, 0.3) is 0 Å². The second-order valence-electron chi connectivity index (χ2n) is 4.29. The summed E-state index contributed by atoms with van der Waals surface area (Å²) in [4.78, 5) is 10.7. The standard InChI is InChI=1S/C13H19NO4/c1-8-5-10(3-4-11(8)7-15)13(18)12(17)6-14-9(2)16/h3-5,12-13,15,17-18H,6-7H2,1-2H3,(H,14,16). The first kappa shape index (κ1) is 14.6. The molecule has 0 radical (unpaired) electrons. The number of benzene rings is 1. The lowest BCUT2D eigenvalue weighted by Crippen LogP contribution is -2.34. The Labute approximate surface area is 106 Å². The largest absolute Gasteiger partial charge is 0.392 e. The molecule has 1 rings (SSSR count). The van der Waals surface area contributed by atoms with Crippen molar-refractivity contribution >= 4 is 5.91 Å². The molecule has 0 bridgehead atoms. The third kappa shape index (κ3) is 3.80. The maximum atomic E-state index is 10.7.